The van der Waals surface area contributed by atoms with Gasteiger partial charge in [-0.1, -0.05) is 38.1 Å². The van der Waals surface area contributed by atoms with Gasteiger partial charge in [-0.25, -0.2) is 0 Å². The fourth-order valence-electron chi connectivity index (χ4n) is 2.87. The molecule has 2 rings (SSSR count). The van der Waals surface area contributed by atoms with Crippen LogP contribution in [0.3, 0.4) is 0 Å². The largest absolute Gasteiger partial charge is 0.376 e. The van der Waals surface area contributed by atoms with Crippen LogP contribution in [0.5, 0.6) is 0 Å². The van der Waals surface area contributed by atoms with Gasteiger partial charge in [0.25, 0.3) is 0 Å². The molecule has 0 spiro atoms. The normalized spacial score (nSPS) is 19.5. The molecule has 5 nitrogen and oxygen atoms in total. The molecule has 0 saturated carbocycles. The summed E-state index contributed by atoms with van der Waals surface area (Å²) in [6.07, 6.45) is 2.90. The Labute approximate surface area is 163 Å². The first-order valence-corrected chi connectivity index (χ1v) is 9.33. The van der Waals surface area contributed by atoms with E-state index in [0.29, 0.717) is 19.1 Å². The number of nitrogens with one attached hydrogen (secondary N) is 1. The minimum Gasteiger partial charge on any atom is -0.376 e. The van der Waals surface area contributed by atoms with Crippen LogP contribution in [-0.4, -0.2) is 37.9 Å². The number of rotatable bonds is 8. The standard InChI is InChI=1S/C20H32N2O3.ClH/c1-14(2)16-7-9-17(10-8-16)19(21)12-22-20(23)15(3)25-13-18-6-4-5-11-24-18;/h7-10,14-15,18-19H,4-6,11-13,21H2,1-3H3,(H,22,23);1H. The van der Waals surface area contributed by atoms with Gasteiger partial charge in [0.1, 0.15) is 6.10 Å². The van der Waals surface area contributed by atoms with Crippen molar-refractivity contribution in [3.05, 3.63) is 35.4 Å². The van der Waals surface area contributed by atoms with Gasteiger partial charge in [-0.05, 0) is 43.2 Å². The number of carbonyl (C=O) groups is 1. The van der Waals surface area contributed by atoms with Crippen molar-refractivity contribution in [3.63, 3.8) is 0 Å². The lowest BCUT2D eigenvalue weighted by molar-refractivity contribution is -0.135. The van der Waals surface area contributed by atoms with Gasteiger partial charge in [0, 0.05) is 19.2 Å². The van der Waals surface area contributed by atoms with Crippen molar-refractivity contribution in [2.45, 2.75) is 64.2 Å². The highest BCUT2D eigenvalue weighted by atomic mass is 35.5. The van der Waals surface area contributed by atoms with Crippen molar-refractivity contribution >= 4 is 18.3 Å². The number of ether oxygens (including phenoxy) is 2. The van der Waals surface area contributed by atoms with Crippen LogP contribution in [0.2, 0.25) is 0 Å². The summed E-state index contributed by atoms with van der Waals surface area (Å²) in [6, 6.07) is 8.04. The van der Waals surface area contributed by atoms with Gasteiger partial charge in [0.2, 0.25) is 5.91 Å². The Morgan fingerprint density at radius 2 is 1.88 bits per heavy atom. The van der Waals surface area contributed by atoms with Gasteiger partial charge >= 0.3 is 0 Å². The molecule has 6 heteroatoms. The van der Waals surface area contributed by atoms with Crippen LogP contribution in [0.4, 0.5) is 0 Å². The SMILES string of the molecule is CC(OCC1CCCCO1)C(=O)NCC(N)c1ccc(C(C)C)cc1.Cl. The quantitative estimate of drug-likeness (QED) is 0.721. The Hall–Kier alpha value is -1.14. The number of halogens is 1. The highest BCUT2D eigenvalue weighted by molar-refractivity contribution is 5.85. The van der Waals surface area contributed by atoms with Gasteiger partial charge in [0.05, 0.1) is 12.7 Å². The number of hydrogen-bond acceptors (Lipinski definition) is 4. The van der Waals surface area contributed by atoms with Crippen LogP contribution in [-0.2, 0) is 14.3 Å². The maximum Gasteiger partial charge on any atom is 0.248 e. The van der Waals surface area contributed by atoms with Crippen molar-refractivity contribution < 1.29 is 14.3 Å². The molecule has 1 aliphatic heterocycles. The van der Waals surface area contributed by atoms with Gasteiger partial charge in [-0.15, -0.1) is 12.4 Å². The molecule has 1 aromatic rings. The van der Waals surface area contributed by atoms with E-state index >= 15 is 0 Å². The predicted molar refractivity (Wildman–Crippen MR) is 107 cm³/mol. The Morgan fingerprint density at radius 3 is 2.46 bits per heavy atom. The zero-order valence-corrected chi connectivity index (χ0v) is 16.9. The molecular formula is C20H33ClN2O3. The average Bonchev–Trinajstić information content (AvgIpc) is 2.64. The van der Waals surface area contributed by atoms with Crippen molar-refractivity contribution in [1.82, 2.24) is 5.32 Å². The molecule has 0 aliphatic carbocycles. The van der Waals surface area contributed by atoms with Crippen LogP contribution in [0.25, 0.3) is 0 Å². The average molecular weight is 385 g/mol. The number of nitrogens with two attached hydrogens (primary N) is 1. The third-order valence-corrected chi connectivity index (χ3v) is 4.70. The summed E-state index contributed by atoms with van der Waals surface area (Å²) in [5.41, 5.74) is 8.49. The maximum absolute atomic E-state index is 12.2. The number of hydrogen-bond donors (Lipinski definition) is 2. The van der Waals surface area contributed by atoms with E-state index in [1.54, 1.807) is 6.92 Å². The first-order chi connectivity index (χ1) is 12.0. The summed E-state index contributed by atoms with van der Waals surface area (Å²) in [5, 5.41) is 2.88. The highest BCUT2D eigenvalue weighted by Gasteiger charge is 2.19. The fraction of sp³-hybridized carbons (Fsp3) is 0.650. The van der Waals surface area contributed by atoms with Crippen molar-refractivity contribution in [3.8, 4) is 0 Å². The molecular weight excluding hydrogens is 352 g/mol. The number of amides is 1. The molecule has 148 valence electrons. The monoisotopic (exact) mass is 384 g/mol. The van der Waals surface area contributed by atoms with E-state index in [2.05, 4.69) is 31.3 Å². The molecule has 1 heterocycles. The molecule has 0 aromatic heterocycles. The molecule has 3 unspecified atom stereocenters. The molecule has 26 heavy (non-hydrogen) atoms. The van der Waals surface area contributed by atoms with E-state index in [1.165, 1.54) is 12.0 Å². The lowest BCUT2D eigenvalue weighted by Gasteiger charge is -2.24. The van der Waals surface area contributed by atoms with E-state index in [0.717, 1.165) is 25.0 Å². The van der Waals surface area contributed by atoms with Gasteiger partial charge in [-0.3, -0.25) is 4.79 Å². The molecule has 1 fully saturated rings. The second kappa shape index (κ2) is 11.5. The number of benzene rings is 1. The summed E-state index contributed by atoms with van der Waals surface area (Å²) in [5.74, 6) is 0.362. The Balaban J connectivity index is 0.00000338. The van der Waals surface area contributed by atoms with Crippen LogP contribution < -0.4 is 11.1 Å². The van der Waals surface area contributed by atoms with Crippen molar-refractivity contribution in [1.29, 1.82) is 0 Å². The Kier molecular flexibility index (Phi) is 10.2. The van der Waals surface area contributed by atoms with Crippen LogP contribution >= 0.6 is 12.4 Å². The van der Waals surface area contributed by atoms with Crippen LogP contribution in [0.15, 0.2) is 24.3 Å². The van der Waals surface area contributed by atoms with Gasteiger partial charge < -0.3 is 20.5 Å². The third-order valence-electron chi connectivity index (χ3n) is 4.70. The summed E-state index contributed by atoms with van der Waals surface area (Å²) in [6.45, 7) is 7.74. The lowest BCUT2D eigenvalue weighted by atomic mass is 9.99. The molecule has 1 aromatic carbocycles. The smallest absolute Gasteiger partial charge is 0.248 e. The number of carbonyl (C=O) groups excluding carboxylic acids is 1. The van der Waals surface area contributed by atoms with Crippen LogP contribution in [0, 0.1) is 0 Å². The van der Waals surface area contributed by atoms with Crippen molar-refractivity contribution in [2.75, 3.05) is 19.8 Å². The molecule has 3 N–H and O–H groups in total. The molecule has 1 aliphatic rings. The van der Waals surface area contributed by atoms with E-state index in [-0.39, 0.29) is 30.5 Å². The summed E-state index contributed by atoms with van der Waals surface area (Å²) >= 11 is 0. The van der Waals surface area contributed by atoms with Crippen LogP contribution in [0.1, 0.15) is 63.1 Å². The predicted octanol–water partition coefficient (Wildman–Crippen LogP) is 3.32. The second-order valence-corrected chi connectivity index (χ2v) is 7.14. The van der Waals surface area contributed by atoms with E-state index in [4.69, 9.17) is 15.2 Å². The molecule has 0 radical (unpaired) electrons. The molecule has 0 bridgehead atoms. The van der Waals surface area contributed by atoms with Gasteiger partial charge in [-0.2, -0.15) is 0 Å². The highest BCUT2D eigenvalue weighted by Crippen LogP contribution is 2.17. The zero-order valence-electron chi connectivity index (χ0n) is 16.1. The van der Waals surface area contributed by atoms with E-state index < -0.39 is 6.10 Å². The van der Waals surface area contributed by atoms with Crippen molar-refractivity contribution in [2.24, 2.45) is 5.73 Å². The second-order valence-electron chi connectivity index (χ2n) is 7.14. The molecule has 1 amide bonds. The first kappa shape index (κ1) is 22.9. The minimum atomic E-state index is -0.499. The van der Waals surface area contributed by atoms with E-state index in [9.17, 15) is 4.79 Å². The topological polar surface area (TPSA) is 73.6 Å². The molecule has 1 saturated heterocycles. The maximum atomic E-state index is 12.2. The van der Waals surface area contributed by atoms with Gasteiger partial charge in [0.15, 0.2) is 0 Å². The summed E-state index contributed by atoms with van der Waals surface area (Å²) in [7, 11) is 0. The summed E-state index contributed by atoms with van der Waals surface area (Å²) in [4.78, 5) is 12.2. The lowest BCUT2D eigenvalue weighted by Crippen LogP contribution is -2.40. The van der Waals surface area contributed by atoms with E-state index in [1.807, 2.05) is 12.1 Å². The Bertz CT molecular complexity index is 530. The third kappa shape index (κ3) is 7.23. The minimum absolute atomic E-state index is 0. The fourth-order valence-corrected chi connectivity index (χ4v) is 2.87. The first-order valence-electron chi connectivity index (χ1n) is 9.33. The summed E-state index contributed by atoms with van der Waals surface area (Å²) < 4.78 is 11.3. The zero-order chi connectivity index (χ0) is 18.2. The molecule has 3 atom stereocenters. The Morgan fingerprint density at radius 1 is 1.23 bits per heavy atom.